The Morgan fingerprint density at radius 3 is 1.40 bits per heavy atom. The number of Topliss-reactive ketones (excluding diaryl/α,β-unsaturated/α-hetero) is 1. The number of hydrogen-bond donors (Lipinski definition) is 6. The number of aliphatic hydroxyl groups is 2. The van der Waals surface area contributed by atoms with E-state index in [0.29, 0.717) is 150 Å². The Labute approximate surface area is 625 Å². The first-order valence-electron chi connectivity index (χ1n) is 34.9. The number of aromatic nitrogens is 10. The molecule has 0 unspecified atom stereocenters. The maximum Gasteiger partial charge on any atom is 0.435 e. The van der Waals surface area contributed by atoms with Gasteiger partial charge < -0.3 is 30.5 Å². The van der Waals surface area contributed by atoms with Crippen LogP contribution in [-0.2, 0) is 97.1 Å². The second kappa shape index (κ2) is 32.3. The number of fused-ring (bicyclic) bond motifs is 4. The molecule has 0 bridgehead atoms. The summed E-state index contributed by atoms with van der Waals surface area (Å²) in [5.74, 6) is 6.04. The molecule has 32 heteroatoms. The predicted octanol–water partition coefficient (Wildman–Crippen LogP) is 12.7. The number of carbonyl (C=O) groups excluding carboxylic acids is 1. The first-order chi connectivity index (χ1) is 51.7. The molecular weight excluding hydrogens is 1480 g/mol. The number of aromatic amines is 2. The van der Waals surface area contributed by atoms with E-state index in [0.717, 1.165) is 40.0 Å². The van der Waals surface area contributed by atoms with Gasteiger partial charge in [0.15, 0.2) is 17.2 Å². The van der Waals surface area contributed by atoms with Crippen LogP contribution >= 0.6 is 23.2 Å². The number of pyridine rings is 2. The fraction of sp³-hybridized carbons (Fsp3) is 0.377. The van der Waals surface area contributed by atoms with Crippen molar-refractivity contribution in [1.29, 1.82) is 0 Å². The molecule has 7 N–H and O–H groups in total. The van der Waals surface area contributed by atoms with E-state index in [-0.39, 0.29) is 82.6 Å². The molecule has 2 saturated heterocycles. The highest BCUT2D eigenvalue weighted by Gasteiger charge is 2.42. The molecule has 2 atom stereocenters. The van der Waals surface area contributed by atoms with Crippen LogP contribution in [0.1, 0.15) is 138 Å². The number of carbonyl (C=O) groups is 2. The lowest BCUT2D eigenvalue weighted by atomic mass is 9.86. The van der Waals surface area contributed by atoms with Gasteiger partial charge in [-0.05, 0) is 148 Å². The van der Waals surface area contributed by atoms with Crippen molar-refractivity contribution >= 4 is 56.8 Å². The van der Waals surface area contributed by atoms with Gasteiger partial charge in [0, 0.05) is 109 Å². The third-order valence-electron chi connectivity index (χ3n) is 19.5. The second-order valence-corrected chi connectivity index (χ2v) is 28.2. The number of ether oxygens (including phenoxy) is 2. The Kier molecular flexibility index (Phi) is 23.3. The highest BCUT2D eigenvalue weighted by Crippen LogP contribution is 2.42. The molecule has 0 saturated carbocycles. The number of alkyl halides is 6. The second-order valence-electron chi connectivity index (χ2n) is 27.4. The number of aryl methyl sites for hydroxylation is 2. The van der Waals surface area contributed by atoms with Gasteiger partial charge in [0.2, 0.25) is 0 Å². The van der Waals surface area contributed by atoms with Crippen LogP contribution < -0.4 is 16.9 Å². The topological polar surface area (TPSA) is 276 Å². The van der Waals surface area contributed by atoms with E-state index < -0.39 is 101 Å². The molecular formula is C77H71Cl2F10N11O9. The molecule has 4 aromatic carbocycles. The number of carboxylic acid groups (broad SMARTS) is 1. The smallest absolute Gasteiger partial charge is 0.435 e. The molecule has 20 nitrogen and oxygen atoms in total. The van der Waals surface area contributed by atoms with Crippen molar-refractivity contribution in [2.45, 2.75) is 145 Å². The Bertz CT molecular complexity index is 5370. The zero-order chi connectivity index (χ0) is 78.0. The lowest BCUT2D eigenvalue weighted by molar-refractivity contribution is -0.143. The number of carboxylic acids is 1. The molecule has 2 aliphatic carbocycles. The Balaban J connectivity index is 0.000000173. The van der Waals surface area contributed by atoms with E-state index in [1.165, 1.54) is 16.8 Å². The number of H-pyrrole nitrogens is 2. The summed E-state index contributed by atoms with van der Waals surface area (Å²) in [6.45, 7) is 0.498. The molecule has 4 aliphatic rings. The van der Waals surface area contributed by atoms with Crippen molar-refractivity contribution in [3.63, 3.8) is 0 Å². The minimum Gasteiger partial charge on any atom is -0.480 e. The highest BCUT2D eigenvalue weighted by molar-refractivity contribution is 6.36. The summed E-state index contributed by atoms with van der Waals surface area (Å²) in [5.41, 5.74) is 7.50. The summed E-state index contributed by atoms with van der Waals surface area (Å²) in [6, 6.07) is 18.9. The van der Waals surface area contributed by atoms with E-state index in [2.05, 4.69) is 44.1 Å². The molecule has 8 heterocycles. The van der Waals surface area contributed by atoms with Crippen molar-refractivity contribution in [1.82, 2.24) is 49.1 Å². The van der Waals surface area contributed by atoms with Crippen LogP contribution in [0.25, 0.3) is 44.1 Å². The van der Waals surface area contributed by atoms with Crippen LogP contribution in [0.5, 0.6) is 0 Å². The number of nitrogens with two attached hydrogens (primary N) is 1. The number of rotatable bonds is 14. The SMILES string of the molecule is Cn1[nH]c(=O)c2c(Cl)ccc(-c3ccc(C#CC4(O)CCOCC4)nc3[C@@H](CC(=O)Cn3nc(C(F)(F)F)c4c3CCCC4)Cc3cc(F)cc(F)c3)c21.Cn1[nH]c(=O)c2c(Cl)ccc(-c3ccc(C#CC4(O)CCOCC4)nc3[C@@H](N)Cc3cc(F)cc(F)c3)c21.O=C(O)Cn1nc(C(F)(F)F)c2c1CCCC2. The average molecular weight is 1560 g/mol. The van der Waals surface area contributed by atoms with Crippen LogP contribution in [0.3, 0.4) is 0 Å². The maximum atomic E-state index is 14.5. The number of hydrogen-bond acceptors (Lipinski definition) is 13. The molecule has 2 aliphatic heterocycles. The fourth-order valence-electron chi connectivity index (χ4n) is 14.4. The van der Waals surface area contributed by atoms with Gasteiger partial charge in [0.05, 0.1) is 82.3 Å². The zero-order valence-corrected chi connectivity index (χ0v) is 60.1. The molecule has 0 radical (unpaired) electrons. The number of ketones is 1. The van der Waals surface area contributed by atoms with Crippen molar-refractivity contribution < 1.29 is 78.3 Å². The van der Waals surface area contributed by atoms with Gasteiger partial charge in [-0.2, -0.15) is 36.5 Å². The largest absolute Gasteiger partial charge is 0.480 e. The summed E-state index contributed by atoms with van der Waals surface area (Å²) in [6.07, 6.45) is -4.17. The predicted molar refractivity (Wildman–Crippen MR) is 382 cm³/mol. The first-order valence-corrected chi connectivity index (χ1v) is 35.6. The quantitative estimate of drug-likeness (QED) is 0.0436. The zero-order valence-electron chi connectivity index (χ0n) is 58.6. The van der Waals surface area contributed by atoms with E-state index in [9.17, 15) is 73.3 Å². The lowest BCUT2D eigenvalue weighted by Crippen LogP contribution is -2.34. The summed E-state index contributed by atoms with van der Waals surface area (Å²) in [5, 5.41) is 44.1. The molecule has 109 heavy (non-hydrogen) atoms. The van der Waals surface area contributed by atoms with Crippen LogP contribution in [-0.4, -0.2) is 114 Å². The number of aliphatic carboxylic acids is 1. The van der Waals surface area contributed by atoms with Crippen LogP contribution in [0.4, 0.5) is 43.9 Å². The van der Waals surface area contributed by atoms with E-state index in [1.54, 1.807) is 67.3 Å². The van der Waals surface area contributed by atoms with E-state index >= 15 is 0 Å². The Morgan fingerprint density at radius 2 is 0.972 bits per heavy atom. The lowest BCUT2D eigenvalue weighted by Gasteiger charge is -2.26. The normalized spacial score (nSPS) is 15.9. The minimum atomic E-state index is -4.69. The number of nitrogens with one attached hydrogen (secondary N) is 2. The van der Waals surface area contributed by atoms with Gasteiger partial charge in [-0.15, -0.1) is 0 Å². The molecule has 6 aromatic heterocycles. The van der Waals surface area contributed by atoms with Gasteiger partial charge in [-0.3, -0.25) is 48.1 Å². The number of halogens is 12. The van der Waals surface area contributed by atoms with Crippen molar-refractivity contribution in [3.05, 3.63) is 207 Å². The Morgan fingerprint density at radius 1 is 0.578 bits per heavy atom. The van der Waals surface area contributed by atoms with Crippen LogP contribution in [0.2, 0.25) is 10.0 Å². The molecule has 572 valence electrons. The third kappa shape index (κ3) is 18.0. The van der Waals surface area contributed by atoms with Crippen LogP contribution in [0.15, 0.2) is 94.5 Å². The summed E-state index contributed by atoms with van der Waals surface area (Å²) in [4.78, 5) is 59.6. The van der Waals surface area contributed by atoms with Crippen molar-refractivity contribution in [3.8, 4) is 45.9 Å². The molecule has 0 spiro atoms. The Hall–Kier alpha value is -9.92. The van der Waals surface area contributed by atoms with Gasteiger partial charge in [-0.25, -0.2) is 27.5 Å². The molecule has 14 rings (SSSR count). The maximum absolute atomic E-state index is 14.5. The fourth-order valence-corrected chi connectivity index (χ4v) is 14.9. The molecule has 0 amide bonds. The standard InChI is InChI=1S/C39H35ClF5N5O4.C28H25ClF2N4O3.C10H11F3N2O2/c1-49-35-29(8-9-31(40)33(35)37(52)48-49)28-7-6-26(10-11-38(53)12-14-54-15-13-38)46-34(28)23(16-22-17-24(41)20-25(42)18-22)19-27(51)21-50-32-5-3-2-4-30(32)36(47-50)39(43,44)45;1-35-26-21(4-5-22(29)24(26)27(36)34-35)20-3-2-19(6-7-28(37)8-10-38-11-9-28)33-25(20)23(32)14-16-12-17(30)15-18(31)13-16;11-10(12,13)9-6-3-1-2-4-7(6)15(14-9)5-8(16)17/h6-9,17-18,20,23,53H,2-5,12-16,19,21H2,1H3,(H,48,52);2-5,12-13,15,23,37H,8-11,14,32H2,1H3,(H,34,36);1-5H2,(H,16,17)/t2*23-;/m10./s1. The minimum absolute atomic E-state index is 0.0929. The van der Waals surface area contributed by atoms with Crippen molar-refractivity contribution in [2.24, 2.45) is 19.8 Å². The van der Waals surface area contributed by atoms with E-state index in [1.807, 2.05) is 0 Å². The molecule has 10 aromatic rings. The number of benzene rings is 4. The summed E-state index contributed by atoms with van der Waals surface area (Å²) in [7, 11) is 3.32. The van der Waals surface area contributed by atoms with Crippen molar-refractivity contribution in [2.75, 3.05) is 26.4 Å². The van der Waals surface area contributed by atoms with Crippen LogP contribution in [0, 0.1) is 47.0 Å². The highest BCUT2D eigenvalue weighted by atomic mass is 35.5. The van der Waals surface area contributed by atoms with E-state index in [4.69, 9.17) is 53.5 Å². The van der Waals surface area contributed by atoms with Gasteiger partial charge in [0.25, 0.3) is 11.1 Å². The summed E-state index contributed by atoms with van der Waals surface area (Å²) < 4.78 is 153. The van der Waals surface area contributed by atoms with Gasteiger partial charge in [0.1, 0.15) is 52.4 Å². The monoisotopic (exact) mass is 1550 g/mol. The first kappa shape index (κ1) is 78.7. The molecule has 2 fully saturated rings. The third-order valence-corrected chi connectivity index (χ3v) is 20.1. The summed E-state index contributed by atoms with van der Waals surface area (Å²) >= 11 is 12.8. The van der Waals surface area contributed by atoms with Gasteiger partial charge in [-0.1, -0.05) is 47.2 Å². The van der Waals surface area contributed by atoms with Gasteiger partial charge >= 0.3 is 18.3 Å². The average Bonchev–Trinajstić information content (AvgIpc) is 1.62. The number of nitrogens with zero attached hydrogens (tertiary/aromatic N) is 8.